The molecule has 3 aromatic rings. The summed E-state index contributed by atoms with van der Waals surface area (Å²) in [7, 11) is -4.45. The summed E-state index contributed by atoms with van der Waals surface area (Å²) in [6.07, 6.45) is 5.86. The number of hydrogen-bond acceptors (Lipinski definition) is 4. The molecule has 0 aliphatic carbocycles. The maximum absolute atomic E-state index is 13.5. The van der Waals surface area contributed by atoms with E-state index in [0.29, 0.717) is 15.9 Å². The van der Waals surface area contributed by atoms with Crippen LogP contribution in [0.25, 0.3) is 0 Å². The van der Waals surface area contributed by atoms with Crippen molar-refractivity contribution in [3.05, 3.63) is 91.0 Å². The third-order valence-corrected chi connectivity index (χ3v) is 11.0. The van der Waals surface area contributed by atoms with Crippen molar-refractivity contribution in [2.45, 2.75) is 65.2 Å². The maximum atomic E-state index is 13.5. The van der Waals surface area contributed by atoms with Gasteiger partial charge in [0.25, 0.3) is 0 Å². The molecule has 0 fully saturated rings. The van der Waals surface area contributed by atoms with Gasteiger partial charge in [-0.05, 0) is 0 Å². The fourth-order valence-electron chi connectivity index (χ4n) is 4.40. The van der Waals surface area contributed by atoms with Crippen LogP contribution in [0.2, 0.25) is 0 Å². The molecule has 0 saturated heterocycles. The summed E-state index contributed by atoms with van der Waals surface area (Å²) >= 11 is 0. The molecular weight excluding hydrogens is 455 g/mol. The van der Waals surface area contributed by atoms with Gasteiger partial charge in [0.2, 0.25) is 0 Å². The first-order valence-electron chi connectivity index (χ1n) is 12.7. The third kappa shape index (κ3) is 5.82. The number of rotatable bonds is 13. The van der Waals surface area contributed by atoms with Crippen LogP contribution in [0.4, 0.5) is 0 Å². The van der Waals surface area contributed by atoms with Gasteiger partial charge in [-0.25, -0.2) is 0 Å². The monoisotopic (exact) mass is 492 g/mol. The minimum atomic E-state index is -4.45. The summed E-state index contributed by atoms with van der Waals surface area (Å²) in [4.78, 5) is 27.0. The molecule has 0 bridgehead atoms. The molecule has 0 saturated carbocycles. The van der Waals surface area contributed by atoms with E-state index >= 15 is 0 Å². The zero-order valence-corrected chi connectivity index (χ0v) is 21.8. The molecule has 0 spiro atoms. The van der Waals surface area contributed by atoms with Crippen molar-refractivity contribution in [3.63, 3.8) is 0 Å². The average Bonchev–Trinajstić information content (AvgIpc) is 2.90. The van der Waals surface area contributed by atoms with E-state index in [9.17, 15) is 9.59 Å². The normalized spacial score (nSPS) is 12.3. The number of unbranched alkanes of at least 4 members (excludes halogenated alkanes) is 4. The molecule has 0 radical (unpaired) electrons. The second-order valence-electron chi connectivity index (χ2n) is 8.81. The molecule has 0 heterocycles. The Balaban J connectivity index is 2.31. The Morgan fingerprint density at radius 3 is 1.14 bits per heavy atom. The van der Waals surface area contributed by atoms with Crippen LogP contribution in [-0.4, -0.2) is 11.9 Å². The van der Waals surface area contributed by atoms with E-state index in [0.717, 1.165) is 38.5 Å². The minimum absolute atomic E-state index is 0.269. The van der Waals surface area contributed by atoms with Crippen molar-refractivity contribution < 1.29 is 18.6 Å². The van der Waals surface area contributed by atoms with Gasteiger partial charge in [0.15, 0.2) is 0 Å². The second-order valence-corrected chi connectivity index (χ2v) is 12.6. The van der Waals surface area contributed by atoms with Crippen molar-refractivity contribution in [1.29, 1.82) is 0 Å². The van der Waals surface area contributed by atoms with Crippen LogP contribution in [0.5, 0.6) is 0 Å². The topological polar surface area (TPSA) is 52.6 Å². The van der Waals surface area contributed by atoms with Gasteiger partial charge in [-0.3, -0.25) is 0 Å². The summed E-state index contributed by atoms with van der Waals surface area (Å²) in [5.41, 5.74) is 0. The molecule has 0 aliphatic heterocycles. The Morgan fingerprint density at radius 1 is 0.543 bits per heavy atom. The average molecular weight is 493 g/mol. The van der Waals surface area contributed by atoms with E-state index in [1.165, 1.54) is 0 Å². The summed E-state index contributed by atoms with van der Waals surface area (Å²) in [5.74, 6) is -0.705. The van der Waals surface area contributed by atoms with Crippen molar-refractivity contribution in [1.82, 2.24) is 0 Å². The fourth-order valence-corrected chi connectivity index (χ4v) is 9.06. The zero-order chi connectivity index (χ0) is 25.0. The second kappa shape index (κ2) is 12.7. The van der Waals surface area contributed by atoms with Crippen LogP contribution in [0, 0.1) is 0 Å². The van der Waals surface area contributed by atoms with Crippen molar-refractivity contribution >= 4 is 34.9 Å². The summed E-state index contributed by atoms with van der Waals surface area (Å²) in [6.45, 7) is 4.20. The van der Waals surface area contributed by atoms with E-state index < -0.39 is 7.06 Å². The van der Waals surface area contributed by atoms with Gasteiger partial charge in [0.05, 0.1) is 0 Å². The Labute approximate surface area is 209 Å². The van der Waals surface area contributed by atoms with E-state index in [1.807, 2.05) is 91.0 Å². The van der Waals surface area contributed by atoms with Crippen molar-refractivity contribution in [3.8, 4) is 0 Å². The molecule has 4 nitrogen and oxygen atoms in total. The molecule has 0 amide bonds. The molecule has 0 unspecified atom stereocenters. The zero-order valence-electron chi connectivity index (χ0n) is 20.9. The quantitative estimate of drug-likeness (QED) is 0.199. The van der Waals surface area contributed by atoms with E-state index in [4.69, 9.17) is 9.05 Å². The van der Waals surface area contributed by atoms with Crippen LogP contribution in [0.1, 0.15) is 65.2 Å². The SMILES string of the molecule is CCCCCC(=O)OP(OC(=O)CCCCC)(c1ccccc1)(c1ccccc1)c1ccccc1. The predicted octanol–water partition coefficient (Wildman–Crippen LogP) is 6.59. The molecule has 5 heteroatoms. The first-order chi connectivity index (χ1) is 17.1. The number of hydrogen-bond donors (Lipinski definition) is 0. The Hall–Kier alpha value is -2.97. The summed E-state index contributed by atoms with van der Waals surface area (Å²) in [5, 5.41) is 2.09. The van der Waals surface area contributed by atoms with Gasteiger partial charge in [-0.15, -0.1) is 0 Å². The first kappa shape index (κ1) is 26.6. The van der Waals surface area contributed by atoms with Gasteiger partial charge in [-0.1, -0.05) is 0 Å². The number of carbonyl (C=O) groups is 2. The third-order valence-electron chi connectivity index (χ3n) is 6.20. The van der Waals surface area contributed by atoms with Crippen molar-refractivity contribution in [2.75, 3.05) is 0 Å². The van der Waals surface area contributed by atoms with Crippen LogP contribution < -0.4 is 15.9 Å². The van der Waals surface area contributed by atoms with Gasteiger partial charge in [0, 0.05) is 0 Å². The molecule has 0 aliphatic rings. The summed E-state index contributed by atoms with van der Waals surface area (Å²) in [6, 6.07) is 28.6. The standard InChI is InChI=1S/C30H37O4P/c1-3-5-10-24-29(31)33-35(26-18-12-7-13-19-26,27-20-14-8-15-21-27,28-22-16-9-17-23-28)34-30(32)25-11-6-4-2/h7-9,12-23H,3-6,10-11,24-25H2,1-2H3. The molecule has 0 N–H and O–H groups in total. The van der Waals surface area contributed by atoms with E-state index in [2.05, 4.69) is 13.8 Å². The van der Waals surface area contributed by atoms with Crippen LogP contribution >= 0.6 is 7.06 Å². The predicted molar refractivity (Wildman–Crippen MR) is 146 cm³/mol. The fraction of sp³-hybridized carbons (Fsp3) is 0.333. The van der Waals surface area contributed by atoms with Gasteiger partial charge < -0.3 is 0 Å². The Morgan fingerprint density at radius 2 is 0.857 bits per heavy atom. The van der Waals surface area contributed by atoms with Gasteiger partial charge in [-0.2, -0.15) is 0 Å². The Bertz CT molecular complexity index is 940. The molecule has 186 valence electrons. The molecule has 3 rings (SSSR count). The molecule has 0 atom stereocenters. The van der Waals surface area contributed by atoms with Gasteiger partial charge in [0.1, 0.15) is 0 Å². The number of benzene rings is 3. The van der Waals surface area contributed by atoms with Crippen LogP contribution in [0.3, 0.4) is 0 Å². The molecule has 35 heavy (non-hydrogen) atoms. The van der Waals surface area contributed by atoms with Crippen LogP contribution in [0.15, 0.2) is 91.0 Å². The molecular formula is C30H37O4P. The molecule has 3 aromatic carbocycles. The molecule has 0 aromatic heterocycles. The number of carbonyl (C=O) groups excluding carboxylic acids is 2. The first-order valence-corrected chi connectivity index (χ1v) is 14.8. The van der Waals surface area contributed by atoms with E-state index in [-0.39, 0.29) is 24.8 Å². The van der Waals surface area contributed by atoms with Crippen LogP contribution in [-0.2, 0) is 18.6 Å². The summed E-state index contributed by atoms with van der Waals surface area (Å²) < 4.78 is 13.3. The van der Waals surface area contributed by atoms with Gasteiger partial charge >= 0.3 is 210 Å². The van der Waals surface area contributed by atoms with Crippen molar-refractivity contribution in [2.24, 2.45) is 0 Å². The Kier molecular flexibility index (Phi) is 9.63. The van der Waals surface area contributed by atoms with E-state index in [1.54, 1.807) is 0 Å².